The zero-order chi connectivity index (χ0) is 18.9. The van der Waals surface area contributed by atoms with E-state index >= 15 is 0 Å². The monoisotopic (exact) mass is 366 g/mol. The maximum Gasteiger partial charge on any atom is 0.422 e. The highest BCUT2D eigenvalue weighted by Crippen LogP contribution is 2.33. The number of primary amides is 1. The summed E-state index contributed by atoms with van der Waals surface area (Å²) in [4.78, 5) is 19.1. The molecule has 0 aliphatic heterocycles. The molecule has 0 aliphatic rings. The third-order valence-electron chi connectivity index (χ3n) is 3.34. The number of nitrogens with two attached hydrogens (primary N) is 1. The molecule has 3 heterocycles. The summed E-state index contributed by atoms with van der Waals surface area (Å²) < 4.78 is 49.2. The molecule has 3 aromatic heterocycles. The number of hydrogen-bond acceptors (Lipinski definition) is 5. The number of aromatic nitrogens is 3. The fourth-order valence-corrected chi connectivity index (χ4v) is 2.18. The number of imidazole rings is 1. The Hall–Kier alpha value is -3.30. The molecule has 0 radical (unpaired) electrons. The van der Waals surface area contributed by atoms with Crippen molar-refractivity contribution in [2.24, 2.45) is 5.73 Å². The summed E-state index contributed by atoms with van der Waals surface area (Å²) in [6.07, 6.45) is -0.186. The van der Waals surface area contributed by atoms with Gasteiger partial charge in [-0.25, -0.2) is 9.97 Å². The Labute approximate surface area is 145 Å². The Morgan fingerprint density at radius 1 is 1.27 bits per heavy atom. The van der Waals surface area contributed by atoms with E-state index in [2.05, 4.69) is 9.97 Å². The number of fused-ring (bicyclic) bond motifs is 1. The van der Waals surface area contributed by atoms with Gasteiger partial charge in [-0.2, -0.15) is 13.2 Å². The third kappa shape index (κ3) is 3.85. The Morgan fingerprint density at radius 3 is 2.73 bits per heavy atom. The SMILES string of the molecule is Cc1ccnc(Oc2ccc3nc(C(N)=O)cn3c2)c1OCC(F)(F)F. The fraction of sp³-hybridized carbons (Fsp3) is 0.188. The number of carbonyl (C=O) groups is 1. The summed E-state index contributed by atoms with van der Waals surface area (Å²) in [6.45, 7) is 0.122. The van der Waals surface area contributed by atoms with Crippen LogP contribution in [0.5, 0.6) is 17.4 Å². The first-order chi connectivity index (χ1) is 12.2. The van der Waals surface area contributed by atoms with Gasteiger partial charge in [0.2, 0.25) is 0 Å². The quantitative estimate of drug-likeness (QED) is 0.750. The number of amides is 1. The van der Waals surface area contributed by atoms with Crippen molar-refractivity contribution in [3.05, 3.63) is 48.0 Å². The van der Waals surface area contributed by atoms with Crippen molar-refractivity contribution >= 4 is 11.6 Å². The van der Waals surface area contributed by atoms with E-state index in [-0.39, 0.29) is 23.1 Å². The molecule has 3 rings (SSSR count). The number of nitrogens with zero attached hydrogens (tertiary/aromatic N) is 3. The molecule has 0 unspecified atom stereocenters. The van der Waals surface area contributed by atoms with Crippen LogP contribution >= 0.6 is 0 Å². The van der Waals surface area contributed by atoms with Crippen LogP contribution < -0.4 is 15.2 Å². The molecule has 0 atom stereocenters. The molecule has 0 fully saturated rings. The smallest absolute Gasteiger partial charge is 0.422 e. The van der Waals surface area contributed by atoms with Crippen LogP contribution in [0.3, 0.4) is 0 Å². The molecule has 2 N–H and O–H groups in total. The van der Waals surface area contributed by atoms with Crippen molar-refractivity contribution in [1.29, 1.82) is 0 Å². The number of rotatable bonds is 5. The van der Waals surface area contributed by atoms with Crippen LogP contribution in [0, 0.1) is 6.92 Å². The Morgan fingerprint density at radius 2 is 2.04 bits per heavy atom. The molecule has 0 aromatic carbocycles. The van der Waals surface area contributed by atoms with Crippen molar-refractivity contribution in [3.63, 3.8) is 0 Å². The van der Waals surface area contributed by atoms with Crippen LogP contribution in [0.15, 0.2) is 36.8 Å². The highest BCUT2D eigenvalue weighted by Gasteiger charge is 2.29. The van der Waals surface area contributed by atoms with E-state index in [9.17, 15) is 18.0 Å². The molecular formula is C16H13F3N4O3. The molecule has 0 saturated carbocycles. The summed E-state index contributed by atoms with van der Waals surface area (Å²) in [5, 5.41) is 0. The molecule has 1 amide bonds. The van der Waals surface area contributed by atoms with Crippen LogP contribution in [-0.4, -0.2) is 33.1 Å². The van der Waals surface area contributed by atoms with Crippen molar-refractivity contribution in [2.45, 2.75) is 13.1 Å². The van der Waals surface area contributed by atoms with Gasteiger partial charge in [0.15, 0.2) is 12.4 Å². The summed E-state index contributed by atoms with van der Waals surface area (Å²) in [6, 6.07) is 4.61. The Kier molecular flexibility index (Phi) is 4.41. The second kappa shape index (κ2) is 6.54. The fourth-order valence-electron chi connectivity index (χ4n) is 2.18. The molecule has 26 heavy (non-hydrogen) atoms. The number of ether oxygens (including phenoxy) is 2. The molecule has 10 heteroatoms. The molecule has 0 bridgehead atoms. The van der Waals surface area contributed by atoms with E-state index in [4.69, 9.17) is 15.2 Å². The van der Waals surface area contributed by atoms with Gasteiger partial charge in [0.1, 0.15) is 17.1 Å². The van der Waals surface area contributed by atoms with Gasteiger partial charge in [-0.1, -0.05) is 0 Å². The summed E-state index contributed by atoms with van der Waals surface area (Å²) >= 11 is 0. The van der Waals surface area contributed by atoms with E-state index in [0.717, 1.165) is 0 Å². The minimum Gasteiger partial charge on any atom is -0.478 e. The number of halogens is 3. The van der Waals surface area contributed by atoms with Crippen molar-refractivity contribution in [3.8, 4) is 17.4 Å². The van der Waals surface area contributed by atoms with Gasteiger partial charge in [0.05, 0.1) is 6.20 Å². The van der Waals surface area contributed by atoms with Crippen molar-refractivity contribution in [1.82, 2.24) is 14.4 Å². The van der Waals surface area contributed by atoms with Gasteiger partial charge in [0, 0.05) is 12.4 Å². The van der Waals surface area contributed by atoms with E-state index in [1.807, 2.05) is 0 Å². The van der Waals surface area contributed by atoms with Crippen LogP contribution in [0.25, 0.3) is 5.65 Å². The largest absolute Gasteiger partial charge is 0.478 e. The lowest BCUT2D eigenvalue weighted by atomic mass is 10.3. The standard InChI is InChI=1S/C16H13F3N4O3/c1-9-4-5-21-15(13(9)25-8-16(17,18)19)26-10-2-3-12-22-11(14(20)24)7-23(12)6-10/h2-7H,8H2,1H3,(H2,20,24). The van der Waals surface area contributed by atoms with Crippen LogP contribution in [0.2, 0.25) is 0 Å². The second-order valence-corrected chi connectivity index (χ2v) is 5.39. The molecule has 136 valence electrons. The molecule has 7 nitrogen and oxygen atoms in total. The van der Waals surface area contributed by atoms with Crippen molar-refractivity contribution in [2.75, 3.05) is 6.61 Å². The van der Waals surface area contributed by atoms with E-state index in [1.54, 1.807) is 13.0 Å². The normalized spacial score (nSPS) is 11.5. The summed E-state index contributed by atoms with van der Waals surface area (Å²) in [7, 11) is 0. The van der Waals surface area contributed by atoms with Crippen LogP contribution in [0.1, 0.15) is 16.1 Å². The maximum absolute atomic E-state index is 12.4. The Balaban J connectivity index is 1.89. The highest BCUT2D eigenvalue weighted by atomic mass is 19.4. The van der Waals surface area contributed by atoms with E-state index < -0.39 is 18.7 Å². The molecule has 0 saturated heterocycles. The second-order valence-electron chi connectivity index (χ2n) is 5.39. The average Bonchev–Trinajstić information content (AvgIpc) is 2.97. The average molecular weight is 366 g/mol. The lowest BCUT2D eigenvalue weighted by molar-refractivity contribution is -0.153. The molecular weight excluding hydrogens is 353 g/mol. The topological polar surface area (TPSA) is 91.7 Å². The lowest BCUT2D eigenvalue weighted by Crippen LogP contribution is -2.20. The highest BCUT2D eigenvalue weighted by molar-refractivity contribution is 5.91. The minimum atomic E-state index is -4.49. The zero-order valence-electron chi connectivity index (χ0n) is 13.4. The van der Waals surface area contributed by atoms with Crippen LogP contribution in [0.4, 0.5) is 13.2 Å². The minimum absolute atomic E-state index is 0.0741. The van der Waals surface area contributed by atoms with Crippen molar-refractivity contribution < 1.29 is 27.4 Å². The van der Waals surface area contributed by atoms with Gasteiger partial charge < -0.3 is 19.6 Å². The first-order valence-corrected chi connectivity index (χ1v) is 7.34. The Bertz CT molecular complexity index is 969. The summed E-state index contributed by atoms with van der Waals surface area (Å²) in [5.41, 5.74) is 6.15. The number of pyridine rings is 2. The first-order valence-electron chi connectivity index (χ1n) is 7.34. The van der Waals surface area contributed by atoms with Gasteiger partial charge in [0.25, 0.3) is 11.8 Å². The van der Waals surface area contributed by atoms with Gasteiger partial charge in [-0.3, -0.25) is 4.79 Å². The van der Waals surface area contributed by atoms with Crippen LogP contribution in [-0.2, 0) is 0 Å². The molecule has 3 aromatic rings. The van der Waals surface area contributed by atoms with E-state index in [0.29, 0.717) is 11.2 Å². The zero-order valence-corrected chi connectivity index (χ0v) is 13.4. The molecule has 0 aliphatic carbocycles. The van der Waals surface area contributed by atoms with Gasteiger partial charge >= 0.3 is 6.18 Å². The number of alkyl halides is 3. The number of hydrogen-bond donors (Lipinski definition) is 1. The molecule has 0 spiro atoms. The summed E-state index contributed by atoms with van der Waals surface area (Å²) in [5.74, 6) is -0.627. The number of aryl methyl sites for hydroxylation is 1. The first kappa shape index (κ1) is 17.5. The third-order valence-corrected chi connectivity index (χ3v) is 3.34. The maximum atomic E-state index is 12.4. The predicted molar refractivity (Wildman–Crippen MR) is 84.3 cm³/mol. The van der Waals surface area contributed by atoms with Gasteiger partial charge in [-0.15, -0.1) is 0 Å². The van der Waals surface area contributed by atoms with Gasteiger partial charge in [-0.05, 0) is 30.7 Å². The number of carbonyl (C=O) groups excluding carboxylic acids is 1. The predicted octanol–water partition coefficient (Wildman–Crippen LogP) is 2.87. The van der Waals surface area contributed by atoms with E-state index in [1.165, 1.54) is 35.1 Å². The lowest BCUT2D eigenvalue weighted by Gasteiger charge is -2.14.